The van der Waals surface area contributed by atoms with E-state index in [1.165, 1.54) is 25.7 Å². The summed E-state index contributed by atoms with van der Waals surface area (Å²) in [7, 11) is 0. The standard InChI is InChI=1S/C35H59N3O5/c1-22-10-13-35(38(20-22)21-39)23(2)29-28(42-35)18-27-25-9-8-24-19-34(41,37-17-16-36-30(40)43-31(3,4)5)15-14-32(24,6)26(25)11-12-33(27,29)7/h21-29,37,41H,8-20H2,1-7H3,(H,36,40)/t22-,23-,24-,25+,26-,27-,28-,29-,32-,33-,34-,35-/m0/s1. The number of carbonyl (C=O) groups is 2. The smallest absolute Gasteiger partial charge is 0.407 e. The molecule has 12 atom stereocenters. The third kappa shape index (κ3) is 5.23. The van der Waals surface area contributed by atoms with Gasteiger partial charge in [0.2, 0.25) is 6.41 Å². The van der Waals surface area contributed by atoms with E-state index in [1.54, 1.807) is 0 Å². The Morgan fingerprint density at radius 2 is 1.79 bits per heavy atom. The van der Waals surface area contributed by atoms with Crippen LogP contribution in [0.5, 0.6) is 0 Å². The van der Waals surface area contributed by atoms with Gasteiger partial charge in [0, 0.05) is 25.6 Å². The van der Waals surface area contributed by atoms with Gasteiger partial charge in [-0.1, -0.05) is 27.7 Å². The molecule has 8 heteroatoms. The van der Waals surface area contributed by atoms with Crippen LogP contribution in [0.1, 0.15) is 113 Å². The second-order valence-electron chi connectivity index (χ2n) is 17.2. The number of likely N-dealkylation sites (tertiary alicyclic amines) is 1. The third-order valence-electron chi connectivity index (χ3n) is 13.8. The molecule has 2 amide bonds. The van der Waals surface area contributed by atoms with Crippen LogP contribution in [0.15, 0.2) is 0 Å². The van der Waals surface area contributed by atoms with Crippen LogP contribution in [0.4, 0.5) is 4.79 Å². The lowest BCUT2D eigenvalue weighted by molar-refractivity contribution is -0.195. The van der Waals surface area contributed by atoms with Gasteiger partial charge < -0.3 is 24.8 Å². The molecule has 0 bridgehead atoms. The highest BCUT2D eigenvalue weighted by Crippen LogP contribution is 2.71. The van der Waals surface area contributed by atoms with Crippen LogP contribution in [-0.4, -0.2) is 65.3 Å². The first-order valence-electron chi connectivity index (χ1n) is 17.5. The van der Waals surface area contributed by atoms with E-state index in [9.17, 15) is 14.7 Å². The van der Waals surface area contributed by atoms with E-state index >= 15 is 0 Å². The van der Waals surface area contributed by atoms with Crippen LogP contribution in [0.3, 0.4) is 0 Å². The van der Waals surface area contributed by atoms with E-state index in [0.29, 0.717) is 48.6 Å². The molecular weight excluding hydrogens is 542 g/mol. The summed E-state index contributed by atoms with van der Waals surface area (Å²) in [4.78, 5) is 26.3. The van der Waals surface area contributed by atoms with Gasteiger partial charge in [0.05, 0.1) is 6.10 Å². The van der Waals surface area contributed by atoms with Crippen molar-refractivity contribution in [3.63, 3.8) is 0 Å². The average Bonchev–Trinajstić information content (AvgIpc) is 3.38. The molecule has 0 radical (unpaired) electrons. The van der Waals surface area contributed by atoms with Gasteiger partial charge in [0.25, 0.3) is 0 Å². The Balaban J connectivity index is 1.09. The van der Waals surface area contributed by atoms with Gasteiger partial charge in [-0.2, -0.15) is 0 Å². The van der Waals surface area contributed by atoms with Crippen molar-refractivity contribution in [1.82, 2.24) is 15.5 Å². The highest BCUT2D eigenvalue weighted by molar-refractivity contribution is 5.67. The van der Waals surface area contributed by atoms with Crippen LogP contribution in [0.25, 0.3) is 0 Å². The van der Waals surface area contributed by atoms with Crippen molar-refractivity contribution in [2.24, 2.45) is 52.3 Å². The van der Waals surface area contributed by atoms with E-state index < -0.39 is 23.1 Å². The van der Waals surface area contributed by atoms with Crippen molar-refractivity contribution in [3.05, 3.63) is 0 Å². The number of aliphatic hydroxyl groups is 1. The largest absolute Gasteiger partial charge is 0.444 e. The van der Waals surface area contributed by atoms with E-state index in [1.807, 2.05) is 25.7 Å². The molecule has 6 rings (SSSR count). The Bertz CT molecular complexity index is 1080. The number of rotatable bonds is 5. The summed E-state index contributed by atoms with van der Waals surface area (Å²) in [5, 5.41) is 17.8. The number of nitrogens with one attached hydrogen (secondary N) is 2. The van der Waals surface area contributed by atoms with Crippen LogP contribution in [0, 0.1) is 52.3 Å². The Kier molecular flexibility index (Phi) is 7.98. The number of fused-ring (bicyclic) bond motifs is 7. The topological polar surface area (TPSA) is 100 Å². The van der Waals surface area contributed by atoms with E-state index in [2.05, 4.69) is 38.3 Å². The van der Waals surface area contributed by atoms with Gasteiger partial charge in [-0.05, 0) is 131 Å². The molecule has 4 saturated carbocycles. The van der Waals surface area contributed by atoms with Gasteiger partial charge in [0.1, 0.15) is 17.1 Å². The molecule has 2 saturated heterocycles. The zero-order chi connectivity index (χ0) is 31.0. The van der Waals surface area contributed by atoms with Gasteiger partial charge >= 0.3 is 6.09 Å². The quantitative estimate of drug-likeness (QED) is 0.213. The molecule has 4 aliphatic carbocycles. The maximum absolute atomic E-state index is 12.2. The summed E-state index contributed by atoms with van der Waals surface area (Å²) in [6, 6.07) is 0. The number of alkyl carbamates (subject to hydrolysis) is 1. The molecule has 2 aliphatic heterocycles. The van der Waals surface area contributed by atoms with Gasteiger partial charge in [-0.15, -0.1) is 0 Å². The lowest BCUT2D eigenvalue weighted by Gasteiger charge is -2.62. The Hall–Kier alpha value is -1.38. The summed E-state index contributed by atoms with van der Waals surface area (Å²) in [6.45, 7) is 17.1. The zero-order valence-electron chi connectivity index (χ0n) is 27.9. The van der Waals surface area contributed by atoms with Crippen molar-refractivity contribution in [2.75, 3.05) is 19.6 Å². The first kappa shape index (κ1) is 31.6. The number of hydrogen-bond acceptors (Lipinski definition) is 6. The first-order valence-corrected chi connectivity index (χ1v) is 17.5. The third-order valence-corrected chi connectivity index (χ3v) is 13.8. The number of piperidine rings is 1. The van der Waals surface area contributed by atoms with Crippen molar-refractivity contribution in [1.29, 1.82) is 0 Å². The number of ether oxygens (including phenoxy) is 2. The second-order valence-corrected chi connectivity index (χ2v) is 17.2. The van der Waals surface area contributed by atoms with E-state index in [4.69, 9.17) is 9.47 Å². The minimum Gasteiger partial charge on any atom is -0.444 e. The summed E-state index contributed by atoms with van der Waals surface area (Å²) < 4.78 is 12.4. The van der Waals surface area contributed by atoms with Gasteiger partial charge in [0.15, 0.2) is 0 Å². The fraction of sp³-hybridized carbons (Fsp3) is 0.943. The lowest BCUT2D eigenvalue weighted by Crippen LogP contribution is -2.60. The van der Waals surface area contributed by atoms with Crippen molar-refractivity contribution in [3.8, 4) is 0 Å². The van der Waals surface area contributed by atoms with Crippen LogP contribution in [0.2, 0.25) is 0 Å². The molecule has 8 nitrogen and oxygen atoms in total. The van der Waals surface area contributed by atoms with Crippen LogP contribution in [-0.2, 0) is 14.3 Å². The van der Waals surface area contributed by atoms with Crippen molar-refractivity contribution >= 4 is 12.5 Å². The summed E-state index contributed by atoms with van der Waals surface area (Å²) >= 11 is 0. The Labute approximate surface area is 259 Å². The maximum atomic E-state index is 12.2. The second kappa shape index (κ2) is 10.9. The molecule has 0 aromatic carbocycles. The molecule has 6 fully saturated rings. The zero-order valence-corrected chi connectivity index (χ0v) is 27.9. The number of hydrogen-bond donors (Lipinski definition) is 3. The fourth-order valence-electron chi connectivity index (χ4n) is 11.8. The minimum atomic E-state index is -0.875. The number of amides is 2. The van der Waals surface area contributed by atoms with Crippen molar-refractivity contribution < 1.29 is 24.2 Å². The van der Waals surface area contributed by atoms with E-state index in [0.717, 1.165) is 57.4 Å². The maximum Gasteiger partial charge on any atom is 0.407 e. The minimum absolute atomic E-state index is 0.256. The predicted molar refractivity (Wildman–Crippen MR) is 166 cm³/mol. The molecule has 0 unspecified atom stereocenters. The van der Waals surface area contributed by atoms with Crippen molar-refractivity contribution in [2.45, 2.75) is 136 Å². The number of carbonyl (C=O) groups excluding carboxylic acids is 2. The highest BCUT2D eigenvalue weighted by Gasteiger charge is 2.70. The normalized spacial score (nSPS) is 49.1. The molecule has 2 heterocycles. The Morgan fingerprint density at radius 3 is 2.51 bits per heavy atom. The molecule has 6 aliphatic rings. The average molecular weight is 602 g/mol. The summed E-state index contributed by atoms with van der Waals surface area (Å²) in [5.41, 5.74) is -1.27. The fourth-order valence-corrected chi connectivity index (χ4v) is 11.8. The molecule has 0 aromatic heterocycles. The highest BCUT2D eigenvalue weighted by atomic mass is 16.6. The van der Waals surface area contributed by atoms with Gasteiger partial charge in [-0.25, -0.2) is 4.79 Å². The predicted octanol–water partition coefficient (Wildman–Crippen LogP) is 5.68. The first-order chi connectivity index (χ1) is 20.1. The molecular formula is C35H59N3O5. The SMILES string of the molecule is C[C@H]1CC[C@@]2(O[C@H]3C[C@H]4[C@@H]5CC[C@H]6C[C@](O)(NCCNC(=O)OC(C)(C)C)CC[C@]6(C)[C@H]5CC[C@]4(C)[C@H]3[C@@H]2C)N(C=O)C1. The summed E-state index contributed by atoms with van der Waals surface area (Å²) in [5.74, 6) is 4.05. The Morgan fingerprint density at radius 1 is 1.02 bits per heavy atom. The lowest BCUT2D eigenvalue weighted by atomic mass is 9.44. The van der Waals surface area contributed by atoms with Crippen LogP contribution >= 0.6 is 0 Å². The molecule has 1 spiro atoms. The van der Waals surface area contributed by atoms with Gasteiger partial charge in [-0.3, -0.25) is 10.1 Å². The molecule has 43 heavy (non-hydrogen) atoms. The number of nitrogens with zero attached hydrogens (tertiary/aromatic N) is 1. The monoisotopic (exact) mass is 601 g/mol. The molecule has 244 valence electrons. The van der Waals surface area contributed by atoms with E-state index in [-0.39, 0.29) is 16.9 Å². The molecule has 0 aromatic rings. The van der Waals surface area contributed by atoms with Crippen LogP contribution < -0.4 is 10.6 Å². The molecule has 3 N–H and O–H groups in total. The summed E-state index contributed by atoms with van der Waals surface area (Å²) in [6.07, 6.45) is 11.7.